The SMILES string of the molecule is CC(C)(C)NCC(=O)CC1CCCC1. The van der Waals surface area contributed by atoms with Crippen LogP contribution in [0.5, 0.6) is 0 Å². The van der Waals surface area contributed by atoms with Crippen LogP contribution in [0.3, 0.4) is 0 Å². The van der Waals surface area contributed by atoms with Crippen LogP contribution in [0.2, 0.25) is 0 Å². The van der Waals surface area contributed by atoms with Crippen LogP contribution >= 0.6 is 0 Å². The molecule has 1 rings (SSSR count). The Labute approximate surface area is 87.5 Å². The van der Waals surface area contributed by atoms with E-state index in [0.717, 1.165) is 6.42 Å². The average molecular weight is 197 g/mol. The van der Waals surface area contributed by atoms with Gasteiger partial charge in [0.25, 0.3) is 0 Å². The van der Waals surface area contributed by atoms with Crippen LogP contribution in [0.1, 0.15) is 52.9 Å². The standard InChI is InChI=1S/C12H23NO/c1-12(2,3)13-9-11(14)8-10-6-4-5-7-10/h10,13H,4-9H2,1-3H3. The molecule has 14 heavy (non-hydrogen) atoms. The molecule has 1 saturated carbocycles. The molecule has 0 bridgehead atoms. The van der Waals surface area contributed by atoms with E-state index in [1.54, 1.807) is 0 Å². The van der Waals surface area contributed by atoms with Crippen LogP contribution < -0.4 is 5.32 Å². The zero-order chi connectivity index (χ0) is 10.6. The molecule has 0 atom stereocenters. The molecule has 2 heteroatoms. The molecule has 0 saturated heterocycles. The van der Waals surface area contributed by atoms with Crippen LogP contribution in [0.4, 0.5) is 0 Å². The third kappa shape index (κ3) is 4.75. The molecule has 82 valence electrons. The minimum absolute atomic E-state index is 0.0608. The first-order valence-electron chi connectivity index (χ1n) is 5.74. The summed E-state index contributed by atoms with van der Waals surface area (Å²) in [5, 5.41) is 3.25. The number of nitrogens with one attached hydrogen (secondary N) is 1. The highest BCUT2D eigenvalue weighted by Gasteiger charge is 2.19. The molecular formula is C12H23NO. The monoisotopic (exact) mass is 197 g/mol. The van der Waals surface area contributed by atoms with E-state index < -0.39 is 0 Å². The molecular weight excluding hydrogens is 174 g/mol. The summed E-state index contributed by atoms with van der Waals surface area (Å²) in [6.07, 6.45) is 5.97. The van der Waals surface area contributed by atoms with E-state index in [1.807, 2.05) is 0 Å². The third-order valence-corrected chi connectivity index (χ3v) is 2.81. The van der Waals surface area contributed by atoms with E-state index >= 15 is 0 Å². The lowest BCUT2D eigenvalue weighted by atomic mass is 10.0. The Bertz CT molecular complexity index is 187. The predicted molar refractivity (Wildman–Crippen MR) is 59.3 cm³/mol. The van der Waals surface area contributed by atoms with Gasteiger partial charge in [0.15, 0.2) is 0 Å². The minimum Gasteiger partial charge on any atom is -0.305 e. The summed E-state index contributed by atoms with van der Waals surface area (Å²) >= 11 is 0. The number of ketones is 1. The van der Waals surface area contributed by atoms with Gasteiger partial charge in [0.1, 0.15) is 5.78 Å². The summed E-state index contributed by atoms with van der Waals surface area (Å²) in [5.74, 6) is 1.07. The molecule has 1 N–H and O–H groups in total. The molecule has 1 aliphatic carbocycles. The van der Waals surface area contributed by atoms with Gasteiger partial charge >= 0.3 is 0 Å². The molecule has 0 aliphatic heterocycles. The van der Waals surface area contributed by atoms with Gasteiger partial charge in [-0.05, 0) is 26.7 Å². The fraction of sp³-hybridized carbons (Fsp3) is 0.917. The Morgan fingerprint density at radius 1 is 1.29 bits per heavy atom. The van der Waals surface area contributed by atoms with Crippen molar-refractivity contribution >= 4 is 5.78 Å². The topological polar surface area (TPSA) is 29.1 Å². The molecule has 0 amide bonds. The van der Waals surface area contributed by atoms with Gasteiger partial charge in [0, 0.05) is 12.0 Å². The van der Waals surface area contributed by atoms with Gasteiger partial charge in [0.2, 0.25) is 0 Å². The molecule has 0 aromatic rings. The van der Waals surface area contributed by atoms with Gasteiger partial charge in [-0.25, -0.2) is 0 Å². The smallest absolute Gasteiger partial charge is 0.146 e. The van der Waals surface area contributed by atoms with Gasteiger partial charge in [-0.3, -0.25) is 4.79 Å². The predicted octanol–water partition coefficient (Wildman–Crippen LogP) is 2.52. The molecule has 1 fully saturated rings. The van der Waals surface area contributed by atoms with Crippen molar-refractivity contribution < 1.29 is 4.79 Å². The van der Waals surface area contributed by atoms with Gasteiger partial charge in [-0.15, -0.1) is 0 Å². The summed E-state index contributed by atoms with van der Waals surface area (Å²) in [5.41, 5.74) is 0.0608. The zero-order valence-electron chi connectivity index (χ0n) is 9.73. The maximum atomic E-state index is 11.6. The van der Waals surface area contributed by atoms with Crippen molar-refractivity contribution in [3.8, 4) is 0 Å². The molecule has 2 nitrogen and oxygen atoms in total. The maximum Gasteiger partial charge on any atom is 0.146 e. The molecule has 0 aromatic carbocycles. The summed E-state index contributed by atoms with van der Waals surface area (Å²) < 4.78 is 0. The van der Waals surface area contributed by atoms with Gasteiger partial charge in [-0.2, -0.15) is 0 Å². The fourth-order valence-corrected chi connectivity index (χ4v) is 1.97. The van der Waals surface area contributed by atoms with Gasteiger partial charge in [0.05, 0.1) is 6.54 Å². The van der Waals surface area contributed by atoms with Gasteiger partial charge < -0.3 is 5.32 Å². The van der Waals surface area contributed by atoms with Crippen molar-refractivity contribution in [2.24, 2.45) is 5.92 Å². The van der Waals surface area contributed by atoms with Crippen molar-refractivity contribution in [3.05, 3.63) is 0 Å². The second-order valence-corrected chi connectivity index (χ2v) is 5.50. The summed E-state index contributed by atoms with van der Waals surface area (Å²) in [4.78, 5) is 11.6. The maximum absolute atomic E-state index is 11.6. The third-order valence-electron chi connectivity index (χ3n) is 2.81. The summed E-state index contributed by atoms with van der Waals surface area (Å²) in [6.45, 7) is 6.82. The number of carbonyl (C=O) groups excluding carboxylic acids is 1. The lowest BCUT2D eigenvalue weighted by Gasteiger charge is -2.20. The highest BCUT2D eigenvalue weighted by atomic mass is 16.1. The van der Waals surface area contributed by atoms with E-state index in [4.69, 9.17) is 0 Å². The van der Waals surface area contributed by atoms with Gasteiger partial charge in [-0.1, -0.05) is 25.7 Å². The Morgan fingerprint density at radius 2 is 1.86 bits per heavy atom. The number of carbonyl (C=O) groups is 1. The molecule has 0 radical (unpaired) electrons. The van der Waals surface area contributed by atoms with E-state index in [1.165, 1.54) is 25.7 Å². The number of Topliss-reactive ketones (excluding diaryl/α,β-unsaturated/α-hetero) is 1. The van der Waals surface area contributed by atoms with E-state index in [2.05, 4.69) is 26.1 Å². The van der Waals surface area contributed by atoms with Crippen LogP contribution in [0.25, 0.3) is 0 Å². The second kappa shape index (κ2) is 4.92. The fourth-order valence-electron chi connectivity index (χ4n) is 1.97. The second-order valence-electron chi connectivity index (χ2n) is 5.50. The summed E-state index contributed by atoms with van der Waals surface area (Å²) in [7, 11) is 0. The Hall–Kier alpha value is -0.370. The lowest BCUT2D eigenvalue weighted by Crippen LogP contribution is -2.39. The first-order chi connectivity index (χ1) is 6.47. The Balaban J connectivity index is 2.15. The van der Waals surface area contributed by atoms with Crippen molar-refractivity contribution in [1.29, 1.82) is 0 Å². The molecule has 0 aromatic heterocycles. The van der Waals surface area contributed by atoms with Crippen LogP contribution in [0, 0.1) is 5.92 Å². The first kappa shape index (κ1) is 11.7. The normalized spacial score (nSPS) is 18.8. The highest BCUT2D eigenvalue weighted by Crippen LogP contribution is 2.27. The van der Waals surface area contributed by atoms with Crippen LogP contribution in [-0.4, -0.2) is 17.9 Å². The van der Waals surface area contributed by atoms with E-state index in [-0.39, 0.29) is 5.54 Å². The molecule has 0 spiro atoms. The quantitative estimate of drug-likeness (QED) is 0.750. The molecule has 0 heterocycles. The van der Waals surface area contributed by atoms with Crippen molar-refractivity contribution in [2.45, 2.75) is 58.4 Å². The number of rotatable bonds is 4. The first-order valence-corrected chi connectivity index (χ1v) is 5.74. The summed E-state index contributed by atoms with van der Waals surface area (Å²) in [6, 6.07) is 0. The van der Waals surface area contributed by atoms with Crippen molar-refractivity contribution in [1.82, 2.24) is 5.32 Å². The lowest BCUT2D eigenvalue weighted by molar-refractivity contribution is -0.119. The zero-order valence-corrected chi connectivity index (χ0v) is 9.73. The Morgan fingerprint density at radius 3 is 2.36 bits per heavy atom. The number of hydrogen-bond acceptors (Lipinski definition) is 2. The van der Waals surface area contributed by atoms with Crippen molar-refractivity contribution in [2.75, 3.05) is 6.54 Å². The van der Waals surface area contributed by atoms with Crippen LogP contribution in [-0.2, 0) is 4.79 Å². The van der Waals surface area contributed by atoms with E-state index in [9.17, 15) is 4.79 Å². The molecule has 0 unspecified atom stereocenters. The largest absolute Gasteiger partial charge is 0.305 e. The van der Waals surface area contributed by atoms with Crippen LogP contribution in [0.15, 0.2) is 0 Å². The number of hydrogen-bond donors (Lipinski definition) is 1. The van der Waals surface area contributed by atoms with E-state index in [0.29, 0.717) is 18.2 Å². The minimum atomic E-state index is 0.0608. The molecule has 1 aliphatic rings. The van der Waals surface area contributed by atoms with Crippen molar-refractivity contribution in [3.63, 3.8) is 0 Å². The average Bonchev–Trinajstić information content (AvgIpc) is 2.52. The Kier molecular flexibility index (Phi) is 4.11. The highest BCUT2D eigenvalue weighted by molar-refractivity contribution is 5.80.